The molecule has 0 N–H and O–H groups in total. The third-order valence-electron chi connectivity index (χ3n) is 13.0. The predicted molar refractivity (Wildman–Crippen MR) is 254 cm³/mol. The highest BCUT2D eigenvalue weighted by molar-refractivity contribution is 6.25. The predicted octanol–water partition coefficient (Wildman–Crippen LogP) is 15.1. The molecular weight excluding hydrogens is 739 g/mol. The molecule has 0 aliphatic heterocycles. The summed E-state index contributed by atoms with van der Waals surface area (Å²) in [5, 5.41) is 7.73. The largest absolute Gasteiger partial charge is 0.264 e. The molecule has 0 bridgehead atoms. The topological polar surface area (TPSA) is 38.7 Å². The first kappa shape index (κ1) is 35.2. The van der Waals surface area contributed by atoms with E-state index < -0.39 is 0 Å². The van der Waals surface area contributed by atoms with E-state index in [-0.39, 0.29) is 5.41 Å². The smallest absolute Gasteiger partial charge is 0.160 e. The second kappa shape index (κ2) is 13.7. The van der Waals surface area contributed by atoms with E-state index in [0.717, 1.165) is 44.8 Å². The van der Waals surface area contributed by atoms with Crippen LogP contribution in [0.2, 0.25) is 0 Å². The molecule has 61 heavy (non-hydrogen) atoms. The number of rotatable bonds is 6. The van der Waals surface area contributed by atoms with Gasteiger partial charge in [0, 0.05) is 40.1 Å². The van der Waals surface area contributed by atoms with Crippen LogP contribution in [0.4, 0.5) is 0 Å². The Hall–Kier alpha value is -7.75. The number of pyridine rings is 1. The van der Waals surface area contributed by atoms with Gasteiger partial charge in [-0.1, -0.05) is 178 Å². The second-order valence-electron chi connectivity index (χ2n) is 16.8. The van der Waals surface area contributed by atoms with Crippen LogP contribution in [0.5, 0.6) is 0 Å². The fraction of sp³-hybridized carbons (Fsp3) is 0.0517. The molecule has 0 unspecified atom stereocenters. The van der Waals surface area contributed by atoms with Crippen LogP contribution >= 0.6 is 0 Å². The number of aromatic nitrogens is 3. The van der Waals surface area contributed by atoms with Crippen molar-refractivity contribution in [2.24, 2.45) is 0 Å². The lowest BCUT2D eigenvalue weighted by Gasteiger charge is -2.22. The molecule has 0 spiro atoms. The van der Waals surface area contributed by atoms with Gasteiger partial charge in [0.15, 0.2) is 5.82 Å². The number of hydrogen-bond acceptors (Lipinski definition) is 3. The Labute approximate surface area is 355 Å². The van der Waals surface area contributed by atoms with E-state index in [1.807, 2.05) is 12.3 Å². The van der Waals surface area contributed by atoms with Crippen molar-refractivity contribution in [2.45, 2.75) is 19.3 Å². The maximum atomic E-state index is 5.26. The SMILES string of the molecule is CC1(C)c2ccccc2-c2ccc(-c3ccc(-c4cc(-c5cccc(-c6cccnc6)c5)nc(-c5ccc(-c6ccc7ccc8cccc9ccc6c7c89)cc5)n4)cc3)cc21. The first-order valence-electron chi connectivity index (χ1n) is 21.0. The van der Waals surface area contributed by atoms with Gasteiger partial charge in [0.2, 0.25) is 0 Å². The lowest BCUT2D eigenvalue weighted by atomic mass is 9.81. The molecule has 0 saturated heterocycles. The first-order valence-corrected chi connectivity index (χ1v) is 21.0. The van der Waals surface area contributed by atoms with Gasteiger partial charge in [0.05, 0.1) is 11.4 Å². The van der Waals surface area contributed by atoms with E-state index in [9.17, 15) is 0 Å². The van der Waals surface area contributed by atoms with Crippen LogP contribution in [-0.2, 0) is 5.41 Å². The van der Waals surface area contributed by atoms with Gasteiger partial charge in [-0.25, -0.2) is 9.97 Å². The quantitative estimate of drug-likeness (QED) is 0.158. The van der Waals surface area contributed by atoms with Crippen molar-refractivity contribution in [2.75, 3.05) is 0 Å². The Morgan fingerprint density at radius 3 is 1.75 bits per heavy atom. The van der Waals surface area contributed by atoms with Gasteiger partial charge in [0.25, 0.3) is 0 Å². The first-order chi connectivity index (χ1) is 30.0. The van der Waals surface area contributed by atoms with Crippen LogP contribution in [0.3, 0.4) is 0 Å². The highest BCUT2D eigenvalue weighted by Gasteiger charge is 2.35. The molecule has 0 amide bonds. The van der Waals surface area contributed by atoms with Crippen molar-refractivity contribution in [3.8, 4) is 78.4 Å². The van der Waals surface area contributed by atoms with Crippen molar-refractivity contribution in [1.29, 1.82) is 0 Å². The second-order valence-corrected chi connectivity index (χ2v) is 16.8. The zero-order valence-electron chi connectivity index (χ0n) is 33.9. The molecule has 0 saturated carbocycles. The third-order valence-corrected chi connectivity index (χ3v) is 13.0. The van der Waals surface area contributed by atoms with Crippen LogP contribution in [-0.4, -0.2) is 15.0 Å². The van der Waals surface area contributed by atoms with Gasteiger partial charge in [-0.15, -0.1) is 0 Å². The minimum Gasteiger partial charge on any atom is -0.264 e. The molecule has 12 rings (SSSR count). The Bertz CT molecular complexity index is 3460. The van der Waals surface area contributed by atoms with Crippen LogP contribution in [0.1, 0.15) is 25.0 Å². The average Bonchev–Trinajstić information content (AvgIpc) is 3.56. The van der Waals surface area contributed by atoms with Crippen molar-refractivity contribution in [3.63, 3.8) is 0 Å². The van der Waals surface area contributed by atoms with Gasteiger partial charge in [-0.05, 0) is 107 Å². The molecule has 0 radical (unpaired) electrons. The summed E-state index contributed by atoms with van der Waals surface area (Å²) >= 11 is 0. The van der Waals surface area contributed by atoms with E-state index in [1.165, 1.54) is 71.3 Å². The van der Waals surface area contributed by atoms with Crippen LogP contribution in [0.25, 0.3) is 111 Å². The Morgan fingerprint density at radius 1 is 0.361 bits per heavy atom. The molecule has 9 aromatic carbocycles. The van der Waals surface area contributed by atoms with Gasteiger partial charge in [-0.2, -0.15) is 0 Å². The summed E-state index contributed by atoms with van der Waals surface area (Å²) in [5.41, 5.74) is 17.1. The molecule has 3 heteroatoms. The number of benzene rings is 9. The van der Waals surface area contributed by atoms with E-state index in [2.05, 4.69) is 201 Å². The molecule has 286 valence electrons. The number of nitrogens with zero attached hydrogens (tertiary/aromatic N) is 3. The molecule has 2 aromatic heterocycles. The summed E-state index contributed by atoms with van der Waals surface area (Å²) < 4.78 is 0. The monoisotopic (exact) mass is 777 g/mol. The van der Waals surface area contributed by atoms with Crippen LogP contribution in [0.15, 0.2) is 200 Å². The van der Waals surface area contributed by atoms with E-state index >= 15 is 0 Å². The highest BCUT2D eigenvalue weighted by Crippen LogP contribution is 2.49. The van der Waals surface area contributed by atoms with E-state index in [4.69, 9.17) is 9.97 Å². The van der Waals surface area contributed by atoms with Crippen molar-refractivity contribution < 1.29 is 0 Å². The maximum Gasteiger partial charge on any atom is 0.160 e. The van der Waals surface area contributed by atoms with Crippen molar-refractivity contribution in [1.82, 2.24) is 15.0 Å². The molecule has 2 heterocycles. The summed E-state index contributed by atoms with van der Waals surface area (Å²) in [6.45, 7) is 4.67. The minimum atomic E-state index is -0.0515. The normalized spacial score (nSPS) is 12.9. The van der Waals surface area contributed by atoms with Gasteiger partial charge < -0.3 is 0 Å². The molecule has 3 nitrogen and oxygen atoms in total. The zero-order chi connectivity index (χ0) is 40.7. The van der Waals surface area contributed by atoms with Crippen molar-refractivity contribution >= 4 is 32.3 Å². The van der Waals surface area contributed by atoms with Crippen molar-refractivity contribution in [3.05, 3.63) is 212 Å². The molecule has 1 aliphatic rings. The van der Waals surface area contributed by atoms with E-state index in [0.29, 0.717) is 5.82 Å². The molecular formula is C58H39N3. The lowest BCUT2D eigenvalue weighted by Crippen LogP contribution is -2.14. The average molecular weight is 778 g/mol. The van der Waals surface area contributed by atoms with Gasteiger partial charge in [0.1, 0.15) is 0 Å². The maximum absolute atomic E-state index is 5.26. The summed E-state index contributed by atoms with van der Waals surface area (Å²) in [6.07, 6.45) is 3.71. The van der Waals surface area contributed by atoms with Crippen LogP contribution < -0.4 is 0 Å². The minimum absolute atomic E-state index is 0.0515. The number of hydrogen-bond donors (Lipinski definition) is 0. The summed E-state index contributed by atoms with van der Waals surface area (Å²) in [6, 6.07) is 68.2. The fourth-order valence-corrected chi connectivity index (χ4v) is 9.77. The Kier molecular flexibility index (Phi) is 7.88. The Balaban J connectivity index is 0.937. The van der Waals surface area contributed by atoms with Gasteiger partial charge >= 0.3 is 0 Å². The molecule has 0 fully saturated rings. The fourth-order valence-electron chi connectivity index (χ4n) is 9.77. The molecule has 1 aliphatic carbocycles. The summed E-state index contributed by atoms with van der Waals surface area (Å²) in [5.74, 6) is 0.686. The Morgan fingerprint density at radius 2 is 0.951 bits per heavy atom. The third kappa shape index (κ3) is 5.77. The lowest BCUT2D eigenvalue weighted by molar-refractivity contribution is 0.660. The summed E-state index contributed by atoms with van der Waals surface area (Å²) in [4.78, 5) is 14.9. The van der Waals surface area contributed by atoms with Crippen LogP contribution in [0, 0.1) is 0 Å². The highest BCUT2D eigenvalue weighted by atomic mass is 14.9. The van der Waals surface area contributed by atoms with E-state index in [1.54, 1.807) is 6.20 Å². The van der Waals surface area contributed by atoms with Gasteiger partial charge in [-0.3, -0.25) is 4.98 Å². The zero-order valence-corrected chi connectivity index (χ0v) is 33.9. The molecule has 0 atom stereocenters. The molecule has 11 aromatic rings. The number of fused-ring (bicyclic) bond motifs is 3. The standard InChI is InChI=1S/C58H39N3/c1-58(2)51-14-4-3-13-48(51)49-29-27-44(33-52(49)58)36-15-19-38(20-16-36)53-34-54(45-11-6-10-43(32-45)46-12-7-31-59-35-46)61-57(60-53)42-23-17-37(18-24-42)47-28-25-41-22-21-39-8-5-9-40-26-30-50(47)56(41)55(39)40/h3-35H,1-2H3. The summed E-state index contributed by atoms with van der Waals surface area (Å²) in [7, 11) is 0.